The number of benzene rings is 2. The molecular formula is C21H19BrN4O2. The summed E-state index contributed by atoms with van der Waals surface area (Å²) in [5.41, 5.74) is 3.62. The third-order valence-corrected chi connectivity index (χ3v) is 5.30. The zero-order chi connectivity index (χ0) is 19.7. The summed E-state index contributed by atoms with van der Waals surface area (Å²) in [5, 5.41) is 23.5. The number of aliphatic hydroxyl groups is 1. The fraction of sp³-hybridized carbons (Fsp3) is 0.190. The fourth-order valence-electron chi connectivity index (χ4n) is 3.15. The molecule has 0 radical (unpaired) electrons. The summed E-state index contributed by atoms with van der Waals surface area (Å²) in [4.78, 5) is 0. The minimum absolute atomic E-state index is 0.00386. The molecule has 0 bridgehead atoms. The summed E-state index contributed by atoms with van der Waals surface area (Å²) in [5.74, 6) is 0.531. The summed E-state index contributed by atoms with van der Waals surface area (Å²) in [6.07, 6.45) is 0.779. The van der Waals surface area contributed by atoms with E-state index in [2.05, 4.69) is 31.4 Å². The number of hydrogen-bond donors (Lipinski definition) is 1. The number of halogens is 1. The van der Waals surface area contributed by atoms with Gasteiger partial charge in [-0.15, -0.1) is 5.10 Å². The van der Waals surface area contributed by atoms with E-state index in [0.717, 1.165) is 15.6 Å². The molecule has 0 saturated heterocycles. The van der Waals surface area contributed by atoms with Gasteiger partial charge in [0, 0.05) is 10.0 Å². The number of aliphatic hydroxyl groups excluding tert-OH is 1. The molecule has 2 aromatic carbocycles. The van der Waals surface area contributed by atoms with Crippen molar-refractivity contribution < 1.29 is 9.63 Å². The molecule has 2 unspecified atom stereocenters. The highest BCUT2D eigenvalue weighted by Gasteiger charge is 2.26. The average Bonchev–Trinajstić information content (AvgIpc) is 3.35. The number of aromatic nitrogens is 4. The Balaban J connectivity index is 1.66. The lowest BCUT2D eigenvalue weighted by molar-refractivity contribution is 0.214. The quantitative estimate of drug-likeness (QED) is 0.488. The van der Waals surface area contributed by atoms with Gasteiger partial charge in [-0.05, 0) is 31.5 Å². The number of nitrogens with zero attached hydrogens (tertiary/aromatic N) is 4. The van der Waals surface area contributed by atoms with Crippen LogP contribution in [-0.2, 0) is 0 Å². The van der Waals surface area contributed by atoms with Gasteiger partial charge in [-0.1, -0.05) is 68.8 Å². The van der Waals surface area contributed by atoms with E-state index in [1.54, 1.807) is 17.8 Å². The molecule has 2 atom stereocenters. The Labute approximate surface area is 170 Å². The Kier molecular flexibility index (Phi) is 5.11. The fourth-order valence-corrected chi connectivity index (χ4v) is 3.41. The molecule has 0 fully saturated rings. The van der Waals surface area contributed by atoms with Crippen LogP contribution in [0.3, 0.4) is 0 Å². The van der Waals surface area contributed by atoms with E-state index >= 15 is 0 Å². The van der Waals surface area contributed by atoms with E-state index in [4.69, 9.17) is 4.52 Å². The second-order valence-electron chi connectivity index (χ2n) is 6.63. The zero-order valence-corrected chi connectivity index (χ0v) is 17.0. The number of aryl methyl sites for hydroxylation is 1. The van der Waals surface area contributed by atoms with Crippen LogP contribution in [0, 0.1) is 6.92 Å². The lowest BCUT2D eigenvalue weighted by Gasteiger charge is -2.11. The molecule has 0 spiro atoms. The molecule has 4 rings (SSSR count). The molecule has 142 valence electrons. The van der Waals surface area contributed by atoms with Crippen LogP contribution in [0.25, 0.3) is 11.3 Å². The van der Waals surface area contributed by atoms with E-state index < -0.39 is 6.10 Å². The Morgan fingerprint density at radius 3 is 2.50 bits per heavy atom. The molecule has 0 saturated carbocycles. The molecule has 2 heterocycles. The molecule has 0 amide bonds. The first-order chi connectivity index (χ1) is 13.5. The van der Waals surface area contributed by atoms with Crippen LogP contribution >= 0.6 is 15.9 Å². The van der Waals surface area contributed by atoms with Crippen molar-refractivity contribution in [3.05, 3.63) is 87.8 Å². The zero-order valence-electron chi connectivity index (χ0n) is 15.5. The Morgan fingerprint density at radius 2 is 1.79 bits per heavy atom. The number of hydrogen-bond acceptors (Lipinski definition) is 5. The maximum absolute atomic E-state index is 11.0. The van der Waals surface area contributed by atoms with E-state index in [1.807, 2.05) is 61.5 Å². The van der Waals surface area contributed by atoms with Crippen LogP contribution in [0.4, 0.5) is 0 Å². The third kappa shape index (κ3) is 3.50. The van der Waals surface area contributed by atoms with E-state index in [9.17, 15) is 5.11 Å². The minimum atomic E-state index is -0.985. The first-order valence-corrected chi connectivity index (χ1v) is 9.70. The van der Waals surface area contributed by atoms with Crippen LogP contribution in [0.15, 0.2) is 69.8 Å². The second-order valence-corrected chi connectivity index (χ2v) is 7.55. The standard InChI is InChI=1S/C21H19BrN4O2/c1-13-19(21(28-24-13)16-8-10-17(22)11-9-16)20(27)18-12-26(25-23-18)14(2)15-6-4-3-5-7-15/h3-12,14,20,27H,1-2H3. The minimum Gasteiger partial charge on any atom is -0.382 e. The van der Waals surface area contributed by atoms with Crippen molar-refractivity contribution in [1.29, 1.82) is 0 Å². The average molecular weight is 439 g/mol. The summed E-state index contributed by atoms with van der Waals surface area (Å²) >= 11 is 3.43. The van der Waals surface area contributed by atoms with Gasteiger partial charge in [-0.2, -0.15) is 0 Å². The molecule has 0 aliphatic carbocycles. The highest BCUT2D eigenvalue weighted by Crippen LogP contribution is 2.34. The second kappa shape index (κ2) is 7.69. The number of rotatable bonds is 5. The lowest BCUT2D eigenvalue weighted by Crippen LogP contribution is -2.07. The van der Waals surface area contributed by atoms with Gasteiger partial charge in [0.15, 0.2) is 5.76 Å². The van der Waals surface area contributed by atoms with Crippen molar-refractivity contribution >= 4 is 15.9 Å². The summed E-state index contributed by atoms with van der Waals surface area (Å²) < 4.78 is 8.22. The van der Waals surface area contributed by atoms with Gasteiger partial charge in [0.2, 0.25) is 0 Å². The van der Waals surface area contributed by atoms with Crippen molar-refractivity contribution in [2.45, 2.75) is 26.0 Å². The predicted molar refractivity (Wildman–Crippen MR) is 109 cm³/mol. The SMILES string of the molecule is Cc1noc(-c2ccc(Br)cc2)c1C(O)c1cn(C(C)c2ccccc2)nn1. The summed E-state index contributed by atoms with van der Waals surface area (Å²) in [6.45, 7) is 3.85. The van der Waals surface area contributed by atoms with Crippen molar-refractivity contribution in [2.75, 3.05) is 0 Å². The van der Waals surface area contributed by atoms with E-state index in [1.165, 1.54) is 0 Å². The Hall–Kier alpha value is -2.77. The normalized spacial score (nSPS) is 13.4. The molecule has 2 aromatic heterocycles. The molecule has 7 heteroatoms. The van der Waals surface area contributed by atoms with Crippen molar-refractivity contribution in [3.8, 4) is 11.3 Å². The van der Waals surface area contributed by atoms with Crippen molar-refractivity contribution in [3.63, 3.8) is 0 Å². The molecule has 28 heavy (non-hydrogen) atoms. The van der Waals surface area contributed by atoms with E-state index in [0.29, 0.717) is 22.7 Å². The van der Waals surface area contributed by atoms with Gasteiger partial charge in [0.25, 0.3) is 0 Å². The lowest BCUT2D eigenvalue weighted by atomic mass is 10.0. The molecule has 0 aliphatic heterocycles. The largest absolute Gasteiger partial charge is 0.382 e. The Bertz CT molecular complexity index is 1070. The van der Waals surface area contributed by atoms with Crippen LogP contribution in [0.5, 0.6) is 0 Å². The first-order valence-electron chi connectivity index (χ1n) is 8.91. The van der Waals surface area contributed by atoms with Crippen LogP contribution in [0.1, 0.15) is 41.6 Å². The van der Waals surface area contributed by atoms with Crippen molar-refractivity contribution in [1.82, 2.24) is 20.2 Å². The maximum atomic E-state index is 11.0. The first kappa shape index (κ1) is 18.6. The van der Waals surface area contributed by atoms with Gasteiger partial charge in [-0.3, -0.25) is 0 Å². The maximum Gasteiger partial charge on any atom is 0.173 e. The Morgan fingerprint density at radius 1 is 1.07 bits per heavy atom. The van der Waals surface area contributed by atoms with Gasteiger partial charge >= 0.3 is 0 Å². The third-order valence-electron chi connectivity index (χ3n) is 4.78. The van der Waals surface area contributed by atoms with Gasteiger partial charge < -0.3 is 9.63 Å². The van der Waals surface area contributed by atoms with Gasteiger partial charge in [-0.25, -0.2) is 4.68 Å². The van der Waals surface area contributed by atoms with Crippen LogP contribution < -0.4 is 0 Å². The smallest absolute Gasteiger partial charge is 0.173 e. The molecule has 4 aromatic rings. The predicted octanol–water partition coefficient (Wildman–Crippen LogP) is 4.70. The monoisotopic (exact) mass is 438 g/mol. The highest BCUT2D eigenvalue weighted by molar-refractivity contribution is 9.10. The van der Waals surface area contributed by atoms with Gasteiger partial charge in [0.1, 0.15) is 11.8 Å². The molecule has 0 aliphatic rings. The topological polar surface area (TPSA) is 77.0 Å². The summed E-state index contributed by atoms with van der Waals surface area (Å²) in [7, 11) is 0. The molecule has 6 nitrogen and oxygen atoms in total. The summed E-state index contributed by atoms with van der Waals surface area (Å²) in [6, 6.07) is 17.7. The van der Waals surface area contributed by atoms with Crippen LogP contribution in [0.2, 0.25) is 0 Å². The highest BCUT2D eigenvalue weighted by atomic mass is 79.9. The molecule has 1 N–H and O–H groups in total. The van der Waals surface area contributed by atoms with Crippen LogP contribution in [-0.4, -0.2) is 25.3 Å². The van der Waals surface area contributed by atoms with Crippen molar-refractivity contribution in [2.24, 2.45) is 0 Å². The van der Waals surface area contributed by atoms with E-state index in [-0.39, 0.29) is 6.04 Å². The van der Waals surface area contributed by atoms with Gasteiger partial charge in [0.05, 0.1) is 23.5 Å². The molecular weight excluding hydrogens is 420 g/mol.